The van der Waals surface area contributed by atoms with Crippen LogP contribution in [0.1, 0.15) is 24.0 Å². The second-order valence-electron chi connectivity index (χ2n) is 8.78. The molecule has 36 heavy (non-hydrogen) atoms. The number of carbonyl (C=O) groups is 1. The van der Waals surface area contributed by atoms with Crippen molar-refractivity contribution >= 4 is 37.3 Å². The first-order valence-corrected chi connectivity index (χ1v) is 14.5. The van der Waals surface area contributed by atoms with Gasteiger partial charge in [-0.05, 0) is 86.3 Å². The standard InChI is InChI=1S/C26H29N3O5S2/c1-20-10-13-23(18-21(20)2)29(36(33,34)24-8-4-3-5-9-24)19-26(30)27-22-11-14-25(15-12-22)35(31,32)28-16-6-7-17-28/h3-5,8-15,18H,6-7,16-17,19H2,1-2H3,(H,27,30). The van der Waals surface area contributed by atoms with Crippen molar-refractivity contribution in [1.29, 1.82) is 0 Å². The van der Waals surface area contributed by atoms with Crippen LogP contribution in [0.25, 0.3) is 0 Å². The highest BCUT2D eigenvalue weighted by molar-refractivity contribution is 7.92. The Morgan fingerprint density at radius 1 is 0.833 bits per heavy atom. The van der Waals surface area contributed by atoms with Gasteiger partial charge >= 0.3 is 0 Å². The Balaban J connectivity index is 1.56. The fourth-order valence-electron chi connectivity index (χ4n) is 4.03. The average Bonchev–Trinajstić information content (AvgIpc) is 3.41. The van der Waals surface area contributed by atoms with Crippen LogP contribution in [0.3, 0.4) is 0 Å². The highest BCUT2D eigenvalue weighted by atomic mass is 32.2. The van der Waals surface area contributed by atoms with Gasteiger partial charge in [-0.15, -0.1) is 0 Å². The van der Waals surface area contributed by atoms with Crippen LogP contribution in [0.5, 0.6) is 0 Å². The molecule has 0 bridgehead atoms. The van der Waals surface area contributed by atoms with Crippen molar-refractivity contribution in [3.8, 4) is 0 Å². The number of amides is 1. The second kappa shape index (κ2) is 10.4. The number of benzene rings is 3. The van der Waals surface area contributed by atoms with Crippen molar-refractivity contribution in [2.24, 2.45) is 0 Å². The molecule has 1 saturated heterocycles. The van der Waals surface area contributed by atoms with Gasteiger partial charge in [0, 0.05) is 18.8 Å². The SMILES string of the molecule is Cc1ccc(N(CC(=O)Nc2ccc(S(=O)(=O)N3CCCC3)cc2)S(=O)(=O)c2ccccc2)cc1C. The summed E-state index contributed by atoms with van der Waals surface area (Å²) in [5, 5.41) is 2.69. The Morgan fingerprint density at radius 2 is 1.47 bits per heavy atom. The number of aryl methyl sites for hydroxylation is 2. The van der Waals surface area contributed by atoms with Crippen LogP contribution in [0, 0.1) is 13.8 Å². The van der Waals surface area contributed by atoms with Crippen LogP contribution in [0.4, 0.5) is 11.4 Å². The first kappa shape index (κ1) is 25.9. The Kier molecular flexibility index (Phi) is 7.49. The van der Waals surface area contributed by atoms with E-state index in [1.807, 2.05) is 19.9 Å². The highest BCUT2D eigenvalue weighted by Crippen LogP contribution is 2.26. The van der Waals surface area contributed by atoms with E-state index in [0.717, 1.165) is 28.3 Å². The summed E-state index contributed by atoms with van der Waals surface area (Å²) in [5.41, 5.74) is 2.65. The molecule has 4 rings (SSSR count). The quantitative estimate of drug-likeness (QED) is 0.478. The van der Waals surface area contributed by atoms with E-state index in [4.69, 9.17) is 0 Å². The molecular formula is C26H29N3O5S2. The van der Waals surface area contributed by atoms with E-state index in [2.05, 4.69) is 5.32 Å². The first-order valence-electron chi connectivity index (χ1n) is 11.6. The average molecular weight is 528 g/mol. The molecule has 0 aliphatic carbocycles. The molecule has 0 saturated carbocycles. The lowest BCUT2D eigenvalue weighted by Crippen LogP contribution is -2.38. The van der Waals surface area contributed by atoms with E-state index < -0.39 is 32.5 Å². The summed E-state index contributed by atoms with van der Waals surface area (Å²) >= 11 is 0. The Morgan fingerprint density at radius 3 is 2.08 bits per heavy atom. The predicted octanol–water partition coefficient (Wildman–Crippen LogP) is 3.92. The Hall–Kier alpha value is -3.21. The van der Waals surface area contributed by atoms with Gasteiger partial charge in [-0.25, -0.2) is 16.8 Å². The third kappa shape index (κ3) is 5.45. The van der Waals surface area contributed by atoms with Crippen LogP contribution in [0.15, 0.2) is 82.6 Å². The van der Waals surface area contributed by atoms with Crippen LogP contribution < -0.4 is 9.62 Å². The molecule has 190 valence electrons. The summed E-state index contributed by atoms with van der Waals surface area (Å²) < 4.78 is 54.9. The van der Waals surface area contributed by atoms with Gasteiger partial charge in [-0.1, -0.05) is 24.3 Å². The van der Waals surface area contributed by atoms with E-state index in [0.29, 0.717) is 24.5 Å². The maximum absolute atomic E-state index is 13.5. The number of nitrogens with zero attached hydrogens (tertiary/aromatic N) is 2. The first-order chi connectivity index (χ1) is 17.1. The molecule has 0 atom stereocenters. The molecule has 0 radical (unpaired) electrons. The second-order valence-corrected chi connectivity index (χ2v) is 12.6. The van der Waals surface area contributed by atoms with Crippen molar-refractivity contribution in [2.45, 2.75) is 36.5 Å². The summed E-state index contributed by atoms with van der Waals surface area (Å²) in [6.07, 6.45) is 1.69. The molecule has 3 aromatic carbocycles. The van der Waals surface area contributed by atoms with E-state index in [-0.39, 0.29) is 9.79 Å². The van der Waals surface area contributed by atoms with Gasteiger partial charge in [-0.3, -0.25) is 9.10 Å². The van der Waals surface area contributed by atoms with Gasteiger partial charge in [0.1, 0.15) is 6.54 Å². The summed E-state index contributed by atoms with van der Waals surface area (Å²) in [5.74, 6) is -0.553. The maximum Gasteiger partial charge on any atom is 0.264 e. The minimum absolute atomic E-state index is 0.0764. The van der Waals surface area contributed by atoms with Crippen molar-refractivity contribution in [3.05, 3.63) is 83.9 Å². The third-order valence-corrected chi connectivity index (χ3v) is 9.94. The fraction of sp³-hybridized carbons (Fsp3) is 0.269. The molecule has 1 N–H and O–H groups in total. The minimum atomic E-state index is -4.02. The topological polar surface area (TPSA) is 104 Å². The normalized spacial score (nSPS) is 14.5. The molecule has 1 amide bonds. The Labute approximate surface area is 212 Å². The van der Waals surface area contributed by atoms with Crippen LogP contribution in [-0.4, -0.2) is 46.7 Å². The molecule has 1 fully saturated rings. The lowest BCUT2D eigenvalue weighted by atomic mass is 10.1. The molecule has 1 aliphatic rings. The lowest BCUT2D eigenvalue weighted by Gasteiger charge is -2.25. The van der Waals surface area contributed by atoms with Crippen molar-refractivity contribution in [1.82, 2.24) is 4.31 Å². The summed E-state index contributed by atoms with van der Waals surface area (Å²) in [6, 6.07) is 19.1. The number of carbonyl (C=O) groups excluding carboxylic acids is 1. The smallest absolute Gasteiger partial charge is 0.264 e. The molecule has 8 nitrogen and oxygen atoms in total. The number of hydrogen-bond acceptors (Lipinski definition) is 5. The van der Waals surface area contributed by atoms with Gasteiger partial charge in [0.2, 0.25) is 15.9 Å². The molecule has 3 aromatic rings. The van der Waals surface area contributed by atoms with E-state index >= 15 is 0 Å². The molecule has 0 aromatic heterocycles. The molecule has 1 aliphatic heterocycles. The van der Waals surface area contributed by atoms with Crippen molar-refractivity contribution in [3.63, 3.8) is 0 Å². The number of sulfonamides is 2. The number of rotatable bonds is 8. The van der Waals surface area contributed by atoms with Gasteiger partial charge in [-0.2, -0.15) is 4.31 Å². The van der Waals surface area contributed by atoms with Gasteiger partial charge in [0.25, 0.3) is 10.0 Å². The molecule has 1 heterocycles. The zero-order valence-corrected chi connectivity index (χ0v) is 21.8. The molecule has 10 heteroatoms. The lowest BCUT2D eigenvalue weighted by molar-refractivity contribution is -0.114. The zero-order valence-electron chi connectivity index (χ0n) is 20.2. The monoisotopic (exact) mass is 527 g/mol. The fourth-order valence-corrected chi connectivity index (χ4v) is 6.99. The minimum Gasteiger partial charge on any atom is -0.325 e. The third-order valence-electron chi connectivity index (χ3n) is 6.24. The van der Waals surface area contributed by atoms with Crippen molar-refractivity contribution in [2.75, 3.05) is 29.3 Å². The summed E-state index contributed by atoms with van der Waals surface area (Å²) in [4.78, 5) is 13.2. The van der Waals surface area contributed by atoms with Crippen molar-refractivity contribution < 1.29 is 21.6 Å². The van der Waals surface area contributed by atoms with Crippen LogP contribution in [0.2, 0.25) is 0 Å². The van der Waals surface area contributed by atoms with Crippen LogP contribution >= 0.6 is 0 Å². The maximum atomic E-state index is 13.5. The number of hydrogen-bond donors (Lipinski definition) is 1. The molecule has 0 unspecified atom stereocenters. The van der Waals surface area contributed by atoms with Gasteiger partial charge in [0.05, 0.1) is 15.5 Å². The van der Waals surface area contributed by atoms with Crippen LogP contribution in [-0.2, 0) is 24.8 Å². The molecule has 0 spiro atoms. The van der Waals surface area contributed by atoms with Gasteiger partial charge in [0.15, 0.2) is 0 Å². The molecular weight excluding hydrogens is 498 g/mol. The van der Waals surface area contributed by atoms with E-state index in [1.165, 1.54) is 40.7 Å². The van der Waals surface area contributed by atoms with Gasteiger partial charge < -0.3 is 5.32 Å². The van der Waals surface area contributed by atoms with E-state index in [9.17, 15) is 21.6 Å². The van der Waals surface area contributed by atoms with E-state index in [1.54, 1.807) is 30.3 Å². The summed E-state index contributed by atoms with van der Waals surface area (Å²) in [6.45, 7) is 4.36. The largest absolute Gasteiger partial charge is 0.325 e. The highest BCUT2D eigenvalue weighted by Gasteiger charge is 2.28. The number of anilines is 2. The number of nitrogens with one attached hydrogen (secondary N) is 1. The zero-order chi connectivity index (χ0) is 25.9. The summed E-state index contributed by atoms with van der Waals surface area (Å²) in [7, 11) is -7.58. The Bertz CT molecular complexity index is 1450. The predicted molar refractivity (Wildman–Crippen MR) is 140 cm³/mol.